The first-order valence-electron chi connectivity index (χ1n) is 11.4. The number of aromatic nitrogens is 4. The van der Waals surface area contributed by atoms with Crippen molar-refractivity contribution in [2.45, 2.75) is 36.2 Å². The summed E-state index contributed by atoms with van der Waals surface area (Å²) < 4.78 is 13.0. The van der Waals surface area contributed by atoms with Crippen LogP contribution in [0.25, 0.3) is 17.3 Å². The Kier molecular flexibility index (Phi) is 7.33. The molecule has 0 aliphatic carbocycles. The predicted molar refractivity (Wildman–Crippen MR) is 135 cm³/mol. The molecule has 1 fully saturated rings. The highest BCUT2D eigenvalue weighted by molar-refractivity contribution is 7.98. The van der Waals surface area contributed by atoms with Gasteiger partial charge < -0.3 is 19.8 Å². The van der Waals surface area contributed by atoms with Gasteiger partial charge in [0.1, 0.15) is 22.5 Å². The van der Waals surface area contributed by atoms with Crippen molar-refractivity contribution in [2.24, 2.45) is 0 Å². The molecule has 2 N–H and O–H groups in total. The van der Waals surface area contributed by atoms with Crippen molar-refractivity contribution in [3.63, 3.8) is 0 Å². The van der Waals surface area contributed by atoms with Crippen LogP contribution < -0.4 is 15.4 Å². The fourth-order valence-corrected chi connectivity index (χ4v) is 5.61. The Hall–Kier alpha value is -3.64. The second-order valence-corrected chi connectivity index (χ2v) is 9.90. The maximum absolute atomic E-state index is 12.7. The number of amides is 2. The van der Waals surface area contributed by atoms with Crippen molar-refractivity contribution in [3.05, 3.63) is 58.7 Å². The lowest BCUT2D eigenvalue weighted by atomic mass is 10.1. The Morgan fingerprint density at radius 2 is 2.17 bits per heavy atom. The Morgan fingerprint density at radius 3 is 3.00 bits per heavy atom. The normalized spacial score (nSPS) is 15.8. The smallest absolute Gasteiger partial charge is 0.271 e. The minimum atomic E-state index is -0.529. The molecule has 4 heterocycles. The number of para-hydroxylation sites is 2. The van der Waals surface area contributed by atoms with Crippen LogP contribution >= 0.6 is 23.1 Å². The van der Waals surface area contributed by atoms with Crippen LogP contribution in [0.4, 0.5) is 0 Å². The second kappa shape index (κ2) is 11.0. The second-order valence-electron chi connectivity index (χ2n) is 8.02. The van der Waals surface area contributed by atoms with Gasteiger partial charge in [-0.25, -0.2) is 4.98 Å². The van der Waals surface area contributed by atoms with Gasteiger partial charge in [0.2, 0.25) is 11.7 Å². The Labute approximate surface area is 215 Å². The number of carbonyl (C=O) groups excluding carboxylic acids is 2. The number of hydrogen-bond donors (Lipinski definition) is 2. The van der Waals surface area contributed by atoms with Crippen LogP contribution in [-0.2, 0) is 10.5 Å². The molecule has 10 nitrogen and oxygen atoms in total. The number of carbonyl (C=O) groups is 2. The number of nitrogens with zero attached hydrogens (tertiary/aromatic N) is 4. The van der Waals surface area contributed by atoms with Crippen molar-refractivity contribution < 1.29 is 18.7 Å². The van der Waals surface area contributed by atoms with E-state index < -0.39 is 6.04 Å². The van der Waals surface area contributed by atoms with Gasteiger partial charge in [-0.1, -0.05) is 23.9 Å². The number of thiazole rings is 1. The van der Waals surface area contributed by atoms with Crippen LogP contribution in [-0.4, -0.2) is 51.3 Å². The fraction of sp³-hybridized carbons (Fsp3) is 0.292. The van der Waals surface area contributed by atoms with Crippen molar-refractivity contribution in [1.29, 1.82) is 0 Å². The molecule has 1 aromatic carbocycles. The number of rotatable bonds is 8. The van der Waals surface area contributed by atoms with E-state index in [0.717, 1.165) is 23.5 Å². The quantitative estimate of drug-likeness (QED) is 0.335. The molecule has 1 unspecified atom stereocenters. The van der Waals surface area contributed by atoms with Gasteiger partial charge in [-0.15, -0.1) is 21.5 Å². The van der Waals surface area contributed by atoms with Gasteiger partial charge in [-0.05, 0) is 43.5 Å². The number of thioether (sulfide) groups is 1. The maximum atomic E-state index is 12.7. The molecule has 1 aliphatic heterocycles. The summed E-state index contributed by atoms with van der Waals surface area (Å²) in [6.45, 7) is 0.643. The number of hydrogen-bond acceptors (Lipinski definition) is 9. The summed E-state index contributed by atoms with van der Waals surface area (Å²) in [7, 11) is 1.61. The largest absolute Gasteiger partial charge is 0.495 e. The SMILES string of the molecule is COc1ccccc1-n1c(SCc2nc(C(=O)NC3CCCCNC3=O)cs2)nnc1-c1ccco1. The van der Waals surface area contributed by atoms with Gasteiger partial charge >= 0.3 is 0 Å². The number of nitrogens with one attached hydrogen (secondary N) is 2. The molecule has 0 spiro atoms. The lowest BCUT2D eigenvalue weighted by Gasteiger charge is -2.14. The molecule has 36 heavy (non-hydrogen) atoms. The summed E-state index contributed by atoms with van der Waals surface area (Å²) in [6, 6.07) is 10.7. The molecule has 0 radical (unpaired) electrons. The molecular weight excluding hydrogens is 500 g/mol. The zero-order valence-corrected chi connectivity index (χ0v) is 21.1. The maximum Gasteiger partial charge on any atom is 0.271 e. The van der Waals surface area contributed by atoms with Gasteiger partial charge in [0.15, 0.2) is 10.9 Å². The molecule has 186 valence electrons. The first kappa shape index (κ1) is 24.1. The topological polar surface area (TPSA) is 124 Å². The summed E-state index contributed by atoms with van der Waals surface area (Å²) in [6.07, 6.45) is 4.01. The molecule has 5 rings (SSSR count). The summed E-state index contributed by atoms with van der Waals surface area (Å²) in [5, 5.41) is 17.5. The lowest BCUT2D eigenvalue weighted by molar-refractivity contribution is -0.122. The van der Waals surface area contributed by atoms with Crippen molar-refractivity contribution in [1.82, 2.24) is 30.4 Å². The van der Waals surface area contributed by atoms with Crippen molar-refractivity contribution >= 4 is 34.9 Å². The standard InChI is InChI=1S/C24H24N6O4S2/c1-33-18-9-3-2-8-17(18)30-21(19-10-6-12-34-19)28-29-24(30)36-14-20-26-16(13-35-20)23(32)27-15-7-4-5-11-25-22(15)31/h2-3,6,8-10,12-13,15H,4-5,7,11,14H2,1H3,(H,25,31)(H,27,32). The third-order valence-corrected chi connectivity index (χ3v) is 7.62. The lowest BCUT2D eigenvalue weighted by Crippen LogP contribution is -2.45. The van der Waals surface area contributed by atoms with Crippen molar-refractivity contribution in [3.8, 4) is 23.0 Å². The molecule has 1 atom stereocenters. The third-order valence-electron chi connectivity index (χ3n) is 5.65. The van der Waals surface area contributed by atoms with Crippen molar-refractivity contribution in [2.75, 3.05) is 13.7 Å². The highest BCUT2D eigenvalue weighted by atomic mass is 32.2. The molecule has 2 amide bonds. The van der Waals surface area contributed by atoms with Gasteiger partial charge in [0.05, 0.1) is 24.8 Å². The molecule has 3 aromatic heterocycles. The average molecular weight is 525 g/mol. The average Bonchev–Trinajstić information content (AvgIpc) is 3.65. The third kappa shape index (κ3) is 5.14. The van der Waals surface area contributed by atoms with Crippen LogP contribution in [0, 0.1) is 0 Å². The first-order chi connectivity index (χ1) is 17.6. The van der Waals surface area contributed by atoms with Gasteiger partial charge in [0.25, 0.3) is 5.91 Å². The van der Waals surface area contributed by atoms with Crippen LogP contribution in [0.3, 0.4) is 0 Å². The highest BCUT2D eigenvalue weighted by Crippen LogP contribution is 2.34. The minimum Gasteiger partial charge on any atom is -0.495 e. The van der Waals surface area contributed by atoms with E-state index in [-0.39, 0.29) is 11.8 Å². The summed E-state index contributed by atoms with van der Waals surface area (Å²) in [5.41, 5.74) is 1.08. The molecule has 12 heteroatoms. The molecular formula is C24H24N6O4S2. The van der Waals surface area contributed by atoms with E-state index in [1.165, 1.54) is 23.1 Å². The Balaban J connectivity index is 1.34. The van der Waals surface area contributed by atoms with Gasteiger partial charge in [0, 0.05) is 11.9 Å². The van der Waals surface area contributed by atoms with Crippen LogP contribution in [0.5, 0.6) is 5.75 Å². The van der Waals surface area contributed by atoms with E-state index in [0.29, 0.717) is 46.9 Å². The van der Waals surface area contributed by atoms with E-state index in [4.69, 9.17) is 9.15 Å². The summed E-state index contributed by atoms with van der Waals surface area (Å²) >= 11 is 2.82. The van der Waals surface area contributed by atoms with E-state index in [1.54, 1.807) is 24.8 Å². The number of benzene rings is 1. The van der Waals surface area contributed by atoms with E-state index in [1.807, 2.05) is 34.9 Å². The zero-order valence-electron chi connectivity index (χ0n) is 19.5. The number of methoxy groups -OCH3 is 1. The van der Waals surface area contributed by atoms with Gasteiger partial charge in [-0.2, -0.15) is 0 Å². The monoisotopic (exact) mass is 524 g/mol. The zero-order chi connectivity index (χ0) is 24.9. The van der Waals surface area contributed by atoms with Crippen LogP contribution in [0.15, 0.2) is 57.6 Å². The Morgan fingerprint density at radius 1 is 1.28 bits per heavy atom. The van der Waals surface area contributed by atoms with Crippen LogP contribution in [0.1, 0.15) is 34.8 Å². The van der Waals surface area contributed by atoms with E-state index in [9.17, 15) is 9.59 Å². The number of ether oxygens (including phenoxy) is 1. The molecule has 1 aliphatic rings. The number of furan rings is 1. The first-order valence-corrected chi connectivity index (χ1v) is 13.3. The minimum absolute atomic E-state index is 0.144. The highest BCUT2D eigenvalue weighted by Gasteiger charge is 2.24. The van der Waals surface area contributed by atoms with E-state index >= 15 is 0 Å². The molecule has 4 aromatic rings. The predicted octanol–water partition coefficient (Wildman–Crippen LogP) is 3.68. The fourth-order valence-electron chi connectivity index (χ4n) is 3.88. The summed E-state index contributed by atoms with van der Waals surface area (Å²) in [5.74, 6) is 1.79. The van der Waals surface area contributed by atoms with Gasteiger partial charge in [-0.3, -0.25) is 14.2 Å². The molecule has 1 saturated heterocycles. The molecule has 0 bridgehead atoms. The Bertz CT molecular complexity index is 1350. The van der Waals surface area contributed by atoms with Crippen LogP contribution in [0.2, 0.25) is 0 Å². The molecule has 0 saturated carbocycles. The van der Waals surface area contributed by atoms with E-state index in [2.05, 4.69) is 25.8 Å². The summed E-state index contributed by atoms with van der Waals surface area (Å²) in [4.78, 5) is 29.3.